The Bertz CT molecular complexity index is 353. The summed E-state index contributed by atoms with van der Waals surface area (Å²) in [5.41, 5.74) is 0.891. The Morgan fingerprint density at radius 3 is 2.53 bits per heavy atom. The second kappa shape index (κ2) is 4.05. The Labute approximate surface area is 98.5 Å². The lowest BCUT2D eigenvalue weighted by molar-refractivity contribution is -0.339. The Hall–Kier alpha value is -0.970. The quantitative estimate of drug-likeness (QED) is 0.826. The van der Waals surface area contributed by atoms with Crippen LogP contribution in [0.15, 0.2) is 23.9 Å². The van der Waals surface area contributed by atoms with Gasteiger partial charge in [-0.15, -0.1) is 13.2 Å². The molecule has 0 aromatic carbocycles. The molecule has 0 amide bonds. The molecule has 2 rings (SSSR count). The average molecular weight is 247 g/mol. The van der Waals surface area contributed by atoms with Crippen LogP contribution in [0.4, 0.5) is 13.2 Å². The Balaban J connectivity index is 2.04. The van der Waals surface area contributed by atoms with E-state index in [2.05, 4.69) is 23.9 Å². The van der Waals surface area contributed by atoms with Crippen molar-refractivity contribution in [2.45, 2.75) is 39.3 Å². The van der Waals surface area contributed by atoms with Crippen LogP contribution in [-0.4, -0.2) is 12.6 Å². The standard InChI is InChI=1S/C12H16F3NO/c1-8(2)11(6-7-11)9-4-3-5-10(16-9)17-12(13,14)15/h3-5,8,10,16H,6-7H2,1-2H3. The minimum absolute atomic E-state index is 0.0258. The van der Waals surface area contributed by atoms with Crippen molar-refractivity contribution in [3.05, 3.63) is 23.9 Å². The van der Waals surface area contributed by atoms with Crippen molar-refractivity contribution in [1.29, 1.82) is 0 Å². The number of dihydropyridines is 1. The molecule has 1 fully saturated rings. The lowest BCUT2D eigenvalue weighted by Gasteiger charge is -2.30. The van der Waals surface area contributed by atoms with Crippen LogP contribution in [-0.2, 0) is 4.74 Å². The highest BCUT2D eigenvalue weighted by atomic mass is 19.4. The number of halogens is 3. The highest BCUT2D eigenvalue weighted by Gasteiger charge is 2.49. The van der Waals surface area contributed by atoms with E-state index in [1.165, 1.54) is 6.08 Å². The van der Waals surface area contributed by atoms with Gasteiger partial charge in [0.1, 0.15) is 0 Å². The third-order valence-electron chi connectivity index (χ3n) is 3.54. The number of nitrogens with one attached hydrogen (secondary N) is 1. The van der Waals surface area contributed by atoms with Crippen molar-refractivity contribution < 1.29 is 17.9 Å². The molecule has 0 bridgehead atoms. The number of hydrogen-bond acceptors (Lipinski definition) is 2. The second-order valence-electron chi connectivity index (χ2n) is 4.90. The van der Waals surface area contributed by atoms with E-state index in [0.29, 0.717) is 5.92 Å². The molecule has 0 radical (unpaired) electrons. The summed E-state index contributed by atoms with van der Waals surface area (Å²) in [5.74, 6) is 0.416. The van der Waals surface area contributed by atoms with E-state index < -0.39 is 12.6 Å². The molecule has 1 aliphatic carbocycles. The van der Waals surface area contributed by atoms with E-state index in [1.54, 1.807) is 6.08 Å². The molecule has 1 saturated carbocycles. The first kappa shape index (κ1) is 12.5. The van der Waals surface area contributed by atoms with E-state index in [4.69, 9.17) is 0 Å². The van der Waals surface area contributed by atoms with Crippen molar-refractivity contribution in [3.8, 4) is 0 Å². The third kappa shape index (κ3) is 2.65. The third-order valence-corrected chi connectivity index (χ3v) is 3.54. The van der Waals surface area contributed by atoms with Gasteiger partial charge in [0.05, 0.1) is 0 Å². The minimum Gasteiger partial charge on any atom is -0.359 e. The molecule has 2 nitrogen and oxygen atoms in total. The van der Waals surface area contributed by atoms with Crippen LogP contribution in [0.5, 0.6) is 0 Å². The number of rotatable bonds is 3. The molecule has 1 aliphatic heterocycles. The van der Waals surface area contributed by atoms with Crippen LogP contribution in [0.2, 0.25) is 0 Å². The molecule has 0 spiro atoms. The summed E-state index contributed by atoms with van der Waals surface area (Å²) in [6.07, 6.45) is 1.18. The summed E-state index contributed by atoms with van der Waals surface area (Å²) in [6.45, 7) is 4.18. The van der Waals surface area contributed by atoms with E-state index in [9.17, 15) is 13.2 Å². The molecule has 17 heavy (non-hydrogen) atoms. The lowest BCUT2D eigenvalue weighted by Crippen LogP contribution is -2.39. The number of ether oxygens (including phenoxy) is 1. The predicted octanol–water partition coefficient (Wildman–Crippen LogP) is 3.33. The van der Waals surface area contributed by atoms with E-state index in [1.807, 2.05) is 6.08 Å². The Morgan fingerprint density at radius 2 is 2.06 bits per heavy atom. The molecule has 0 aromatic rings. The first-order chi connectivity index (χ1) is 7.83. The van der Waals surface area contributed by atoms with Crippen molar-refractivity contribution in [3.63, 3.8) is 0 Å². The largest absolute Gasteiger partial charge is 0.524 e. The van der Waals surface area contributed by atoms with Crippen molar-refractivity contribution in [2.75, 3.05) is 0 Å². The van der Waals surface area contributed by atoms with Gasteiger partial charge in [0.2, 0.25) is 0 Å². The normalized spacial score (nSPS) is 26.7. The lowest BCUT2D eigenvalue weighted by atomic mass is 9.88. The monoisotopic (exact) mass is 247 g/mol. The summed E-state index contributed by atoms with van der Waals surface area (Å²) in [4.78, 5) is 0. The van der Waals surface area contributed by atoms with Crippen LogP contribution >= 0.6 is 0 Å². The molecule has 1 heterocycles. The molecule has 0 saturated heterocycles. The fourth-order valence-electron chi connectivity index (χ4n) is 2.32. The molecule has 1 atom stereocenters. The number of alkyl halides is 3. The summed E-state index contributed by atoms with van der Waals surface area (Å²) in [6, 6.07) is 0. The van der Waals surface area contributed by atoms with Gasteiger partial charge in [-0.05, 0) is 30.9 Å². The van der Waals surface area contributed by atoms with Gasteiger partial charge in [0, 0.05) is 11.1 Å². The van der Waals surface area contributed by atoms with Gasteiger partial charge < -0.3 is 5.32 Å². The molecule has 96 valence electrons. The van der Waals surface area contributed by atoms with Crippen LogP contribution in [0.3, 0.4) is 0 Å². The number of hydrogen-bond donors (Lipinski definition) is 1. The van der Waals surface area contributed by atoms with Gasteiger partial charge >= 0.3 is 6.36 Å². The zero-order valence-corrected chi connectivity index (χ0v) is 9.84. The molecule has 0 aromatic heterocycles. The zero-order chi connectivity index (χ0) is 12.7. The zero-order valence-electron chi connectivity index (χ0n) is 9.84. The van der Waals surface area contributed by atoms with Crippen molar-refractivity contribution in [1.82, 2.24) is 5.32 Å². The van der Waals surface area contributed by atoms with Gasteiger partial charge in [-0.2, -0.15) is 0 Å². The molecule has 2 aliphatic rings. The van der Waals surface area contributed by atoms with Crippen molar-refractivity contribution in [2.24, 2.45) is 11.3 Å². The average Bonchev–Trinajstić information content (AvgIpc) is 2.95. The summed E-state index contributed by atoms with van der Waals surface area (Å²) in [5, 5.41) is 2.83. The van der Waals surface area contributed by atoms with Gasteiger partial charge in [-0.25, -0.2) is 0 Å². The maximum Gasteiger partial charge on any atom is 0.524 e. The molecular weight excluding hydrogens is 231 g/mol. The fourth-order valence-corrected chi connectivity index (χ4v) is 2.32. The predicted molar refractivity (Wildman–Crippen MR) is 57.8 cm³/mol. The second-order valence-corrected chi connectivity index (χ2v) is 4.90. The highest BCUT2D eigenvalue weighted by Crippen LogP contribution is 2.56. The van der Waals surface area contributed by atoms with E-state index in [0.717, 1.165) is 18.5 Å². The number of allylic oxidation sites excluding steroid dienone is 3. The molecule has 1 unspecified atom stereocenters. The fraction of sp³-hybridized carbons (Fsp3) is 0.667. The van der Waals surface area contributed by atoms with E-state index in [-0.39, 0.29) is 5.41 Å². The molecule has 1 N–H and O–H groups in total. The van der Waals surface area contributed by atoms with Crippen LogP contribution in [0.25, 0.3) is 0 Å². The summed E-state index contributed by atoms with van der Waals surface area (Å²) < 4.78 is 40.3. The van der Waals surface area contributed by atoms with Crippen LogP contribution < -0.4 is 5.32 Å². The van der Waals surface area contributed by atoms with Crippen LogP contribution in [0.1, 0.15) is 26.7 Å². The van der Waals surface area contributed by atoms with Crippen LogP contribution in [0, 0.1) is 11.3 Å². The Kier molecular flexibility index (Phi) is 2.97. The highest BCUT2D eigenvalue weighted by molar-refractivity contribution is 5.29. The first-order valence-electron chi connectivity index (χ1n) is 5.73. The molecule has 5 heteroatoms. The van der Waals surface area contributed by atoms with Gasteiger partial charge in [-0.3, -0.25) is 4.74 Å². The Morgan fingerprint density at radius 1 is 1.41 bits per heavy atom. The minimum atomic E-state index is -4.61. The molecular formula is C12H16F3NO. The smallest absolute Gasteiger partial charge is 0.359 e. The van der Waals surface area contributed by atoms with Gasteiger partial charge in [-0.1, -0.05) is 19.9 Å². The summed E-state index contributed by atoms with van der Waals surface area (Å²) >= 11 is 0. The maximum atomic E-state index is 12.1. The SMILES string of the molecule is CC(C)C1(C2=CC=CC(OC(F)(F)F)N2)CC1. The van der Waals surface area contributed by atoms with Gasteiger partial charge in [0.15, 0.2) is 6.23 Å². The maximum absolute atomic E-state index is 12.1. The first-order valence-corrected chi connectivity index (χ1v) is 5.73. The topological polar surface area (TPSA) is 21.3 Å². The van der Waals surface area contributed by atoms with Crippen molar-refractivity contribution >= 4 is 0 Å². The van der Waals surface area contributed by atoms with Gasteiger partial charge in [0.25, 0.3) is 0 Å². The van der Waals surface area contributed by atoms with E-state index >= 15 is 0 Å². The summed E-state index contributed by atoms with van der Waals surface area (Å²) in [7, 11) is 0.